The summed E-state index contributed by atoms with van der Waals surface area (Å²) >= 11 is 3.47. The number of benzene rings is 1. The van der Waals surface area contributed by atoms with E-state index in [9.17, 15) is 10.1 Å². The van der Waals surface area contributed by atoms with Gasteiger partial charge < -0.3 is 0 Å². The van der Waals surface area contributed by atoms with Crippen LogP contribution in [-0.2, 0) is 6.42 Å². The minimum absolute atomic E-state index is 0.111. The lowest BCUT2D eigenvalue weighted by molar-refractivity contribution is -0.384. The van der Waals surface area contributed by atoms with E-state index in [-0.39, 0.29) is 16.0 Å². The van der Waals surface area contributed by atoms with E-state index in [0.717, 1.165) is 22.9 Å². The lowest BCUT2D eigenvalue weighted by Gasteiger charge is -2.22. The number of non-ortho nitro benzene ring substituents is 1. The van der Waals surface area contributed by atoms with Crippen molar-refractivity contribution < 1.29 is 4.92 Å². The summed E-state index contributed by atoms with van der Waals surface area (Å²) in [6.07, 6.45) is 0.839. The molecule has 1 aromatic rings. The molecule has 0 atom stereocenters. The molecule has 0 saturated carbocycles. The summed E-state index contributed by atoms with van der Waals surface area (Å²) in [6, 6.07) is 5.05. The molecule has 0 radical (unpaired) electrons. The molecule has 88 valence electrons. The SMILES string of the molecule is Cc1ccc([N+](=O)[O-])cc1CC(C)(C)CBr. The van der Waals surface area contributed by atoms with Gasteiger partial charge in [0.15, 0.2) is 0 Å². The zero-order valence-corrected chi connectivity index (χ0v) is 11.4. The van der Waals surface area contributed by atoms with Gasteiger partial charge in [-0.25, -0.2) is 0 Å². The molecule has 0 aromatic heterocycles. The molecule has 0 aliphatic heterocycles. The molecule has 1 aromatic carbocycles. The molecule has 0 fully saturated rings. The Morgan fingerprint density at radius 1 is 1.44 bits per heavy atom. The van der Waals surface area contributed by atoms with Crippen LogP contribution in [0.3, 0.4) is 0 Å². The average molecular weight is 286 g/mol. The van der Waals surface area contributed by atoms with Gasteiger partial charge in [-0.05, 0) is 29.9 Å². The van der Waals surface area contributed by atoms with Crippen LogP contribution in [0.15, 0.2) is 18.2 Å². The van der Waals surface area contributed by atoms with E-state index in [2.05, 4.69) is 29.8 Å². The Balaban J connectivity index is 3.03. The fraction of sp³-hybridized carbons (Fsp3) is 0.500. The first-order chi connectivity index (χ1) is 7.35. The molecule has 0 aliphatic rings. The highest BCUT2D eigenvalue weighted by Crippen LogP contribution is 2.27. The smallest absolute Gasteiger partial charge is 0.258 e. The summed E-state index contributed by atoms with van der Waals surface area (Å²) in [6.45, 7) is 6.27. The van der Waals surface area contributed by atoms with Crippen molar-refractivity contribution in [3.63, 3.8) is 0 Å². The molecule has 0 bridgehead atoms. The second kappa shape index (κ2) is 4.95. The number of hydrogen-bond acceptors (Lipinski definition) is 2. The summed E-state index contributed by atoms with van der Waals surface area (Å²) in [5.41, 5.74) is 2.45. The molecule has 0 spiro atoms. The third kappa shape index (κ3) is 3.30. The van der Waals surface area contributed by atoms with Crippen molar-refractivity contribution in [3.05, 3.63) is 39.4 Å². The Kier molecular flexibility index (Phi) is 4.08. The van der Waals surface area contributed by atoms with E-state index in [0.29, 0.717) is 0 Å². The third-order valence-electron chi connectivity index (χ3n) is 2.57. The monoisotopic (exact) mass is 285 g/mol. The number of nitro benzene ring substituents is 1. The molecule has 0 saturated heterocycles. The fourth-order valence-electron chi connectivity index (χ4n) is 1.52. The van der Waals surface area contributed by atoms with E-state index < -0.39 is 0 Å². The predicted molar refractivity (Wildman–Crippen MR) is 69.1 cm³/mol. The molecule has 3 nitrogen and oxygen atoms in total. The van der Waals surface area contributed by atoms with Crippen molar-refractivity contribution in [2.24, 2.45) is 5.41 Å². The van der Waals surface area contributed by atoms with Crippen molar-refractivity contribution in [1.29, 1.82) is 0 Å². The highest BCUT2D eigenvalue weighted by molar-refractivity contribution is 9.09. The topological polar surface area (TPSA) is 43.1 Å². The maximum atomic E-state index is 10.7. The summed E-state index contributed by atoms with van der Waals surface area (Å²) in [7, 11) is 0. The zero-order valence-electron chi connectivity index (χ0n) is 9.79. The molecule has 0 aliphatic carbocycles. The Bertz CT molecular complexity index is 402. The van der Waals surface area contributed by atoms with Gasteiger partial charge in [0.2, 0.25) is 0 Å². The van der Waals surface area contributed by atoms with E-state index in [1.165, 1.54) is 0 Å². The first kappa shape index (κ1) is 13.2. The van der Waals surface area contributed by atoms with Crippen molar-refractivity contribution in [1.82, 2.24) is 0 Å². The lowest BCUT2D eigenvalue weighted by Crippen LogP contribution is -2.17. The van der Waals surface area contributed by atoms with Crippen LogP contribution in [0.4, 0.5) is 5.69 Å². The van der Waals surface area contributed by atoms with Gasteiger partial charge in [-0.15, -0.1) is 0 Å². The Morgan fingerprint density at radius 2 is 2.06 bits per heavy atom. The molecule has 0 amide bonds. The second-order valence-electron chi connectivity index (χ2n) is 4.84. The fourth-order valence-corrected chi connectivity index (χ4v) is 1.72. The lowest BCUT2D eigenvalue weighted by atomic mass is 9.86. The highest BCUT2D eigenvalue weighted by atomic mass is 79.9. The molecule has 0 unspecified atom stereocenters. The Labute approximate surface area is 104 Å². The number of aryl methyl sites for hydroxylation is 1. The maximum Gasteiger partial charge on any atom is 0.269 e. The Hall–Kier alpha value is -0.900. The van der Waals surface area contributed by atoms with Gasteiger partial charge >= 0.3 is 0 Å². The molecule has 1 rings (SSSR count). The van der Waals surface area contributed by atoms with Crippen LogP contribution in [-0.4, -0.2) is 10.3 Å². The number of hydrogen-bond donors (Lipinski definition) is 0. The van der Waals surface area contributed by atoms with Gasteiger partial charge in [0, 0.05) is 17.5 Å². The maximum absolute atomic E-state index is 10.7. The van der Waals surface area contributed by atoms with Crippen LogP contribution in [0.1, 0.15) is 25.0 Å². The molecule has 16 heavy (non-hydrogen) atoms. The highest BCUT2D eigenvalue weighted by Gasteiger charge is 2.19. The quantitative estimate of drug-likeness (QED) is 0.479. The van der Waals surface area contributed by atoms with E-state index >= 15 is 0 Å². The number of halogens is 1. The average Bonchev–Trinajstić information content (AvgIpc) is 2.21. The molecule has 4 heteroatoms. The van der Waals surface area contributed by atoms with Gasteiger partial charge in [-0.2, -0.15) is 0 Å². The first-order valence-electron chi connectivity index (χ1n) is 5.15. The number of nitro groups is 1. The minimum atomic E-state index is -0.343. The van der Waals surface area contributed by atoms with Crippen LogP contribution in [0.5, 0.6) is 0 Å². The standard InChI is InChI=1S/C12H16BrNO2/c1-9-4-5-11(14(15)16)6-10(9)7-12(2,3)8-13/h4-6H,7-8H2,1-3H3. The van der Waals surface area contributed by atoms with Crippen LogP contribution >= 0.6 is 15.9 Å². The second-order valence-corrected chi connectivity index (χ2v) is 5.40. The predicted octanol–water partition coefficient (Wildman–Crippen LogP) is 3.87. The summed E-state index contributed by atoms with van der Waals surface area (Å²) in [4.78, 5) is 10.4. The molecule has 0 N–H and O–H groups in total. The normalized spacial score (nSPS) is 11.5. The Morgan fingerprint density at radius 3 is 2.56 bits per heavy atom. The molecular weight excluding hydrogens is 270 g/mol. The summed E-state index contributed by atoms with van der Waals surface area (Å²) in [5.74, 6) is 0. The summed E-state index contributed by atoms with van der Waals surface area (Å²) in [5, 5.41) is 11.6. The van der Waals surface area contributed by atoms with Crippen molar-refractivity contribution in [3.8, 4) is 0 Å². The van der Waals surface area contributed by atoms with Crippen molar-refractivity contribution >= 4 is 21.6 Å². The summed E-state index contributed by atoms with van der Waals surface area (Å²) < 4.78 is 0. The minimum Gasteiger partial charge on any atom is -0.258 e. The van der Waals surface area contributed by atoms with Crippen molar-refractivity contribution in [2.45, 2.75) is 27.2 Å². The molecular formula is C12H16BrNO2. The first-order valence-corrected chi connectivity index (χ1v) is 6.28. The van der Waals surface area contributed by atoms with E-state index in [1.807, 2.05) is 13.0 Å². The van der Waals surface area contributed by atoms with Gasteiger partial charge in [-0.3, -0.25) is 10.1 Å². The van der Waals surface area contributed by atoms with Crippen LogP contribution in [0.25, 0.3) is 0 Å². The van der Waals surface area contributed by atoms with Crippen LogP contribution < -0.4 is 0 Å². The van der Waals surface area contributed by atoms with Crippen molar-refractivity contribution in [2.75, 3.05) is 5.33 Å². The number of alkyl halides is 1. The third-order valence-corrected chi connectivity index (χ3v) is 4.09. The van der Waals surface area contributed by atoms with Crippen LogP contribution in [0.2, 0.25) is 0 Å². The van der Waals surface area contributed by atoms with E-state index in [4.69, 9.17) is 0 Å². The van der Waals surface area contributed by atoms with Gasteiger partial charge in [-0.1, -0.05) is 35.8 Å². The van der Waals surface area contributed by atoms with E-state index in [1.54, 1.807) is 12.1 Å². The van der Waals surface area contributed by atoms with Gasteiger partial charge in [0.25, 0.3) is 5.69 Å². The largest absolute Gasteiger partial charge is 0.269 e. The van der Waals surface area contributed by atoms with Gasteiger partial charge in [0.05, 0.1) is 4.92 Å². The van der Waals surface area contributed by atoms with Gasteiger partial charge in [0.1, 0.15) is 0 Å². The number of rotatable bonds is 4. The number of nitrogens with zero attached hydrogens (tertiary/aromatic N) is 1. The molecule has 0 heterocycles. The zero-order chi connectivity index (χ0) is 12.3. The van der Waals surface area contributed by atoms with Crippen LogP contribution in [0, 0.1) is 22.5 Å².